The zero-order chi connectivity index (χ0) is 11.3. The zero-order valence-electron chi connectivity index (χ0n) is 10.0. The maximum atomic E-state index is 12.0. The molecule has 3 nitrogen and oxygen atoms in total. The van der Waals surface area contributed by atoms with Gasteiger partial charge in [0.2, 0.25) is 5.91 Å². The van der Waals surface area contributed by atoms with Gasteiger partial charge in [-0.15, -0.1) is 0 Å². The highest BCUT2D eigenvalue weighted by Gasteiger charge is 2.24. The molecule has 1 saturated heterocycles. The predicted molar refractivity (Wildman–Crippen MR) is 62.7 cm³/mol. The van der Waals surface area contributed by atoms with Crippen LogP contribution >= 0.6 is 0 Å². The highest BCUT2D eigenvalue weighted by atomic mass is 16.2. The molecular formula is C12H22N2O. The van der Waals surface area contributed by atoms with Gasteiger partial charge in [-0.25, -0.2) is 0 Å². The Morgan fingerprint density at radius 3 is 2.73 bits per heavy atom. The fourth-order valence-corrected chi connectivity index (χ4v) is 1.95. The van der Waals surface area contributed by atoms with E-state index in [0.717, 1.165) is 38.0 Å². The number of nitrogens with zero attached hydrogens (tertiary/aromatic N) is 1. The van der Waals surface area contributed by atoms with Crippen LogP contribution in [0.25, 0.3) is 0 Å². The maximum absolute atomic E-state index is 12.0. The molecule has 1 atom stereocenters. The zero-order valence-corrected chi connectivity index (χ0v) is 10.0. The molecule has 0 radical (unpaired) electrons. The van der Waals surface area contributed by atoms with Crippen LogP contribution in [-0.2, 0) is 4.79 Å². The summed E-state index contributed by atoms with van der Waals surface area (Å²) in [6.07, 6.45) is 3.86. The fraction of sp³-hybridized carbons (Fsp3) is 0.750. The molecule has 86 valence electrons. The first-order valence-corrected chi connectivity index (χ1v) is 5.81. The Hall–Kier alpha value is -0.830. The second-order valence-corrected chi connectivity index (χ2v) is 4.40. The van der Waals surface area contributed by atoms with Crippen molar-refractivity contribution in [2.75, 3.05) is 19.6 Å². The van der Waals surface area contributed by atoms with Crippen LogP contribution < -0.4 is 5.32 Å². The lowest BCUT2D eigenvalue weighted by molar-refractivity contribution is -0.128. The van der Waals surface area contributed by atoms with E-state index >= 15 is 0 Å². The van der Waals surface area contributed by atoms with Crippen molar-refractivity contribution in [3.63, 3.8) is 0 Å². The third-order valence-corrected chi connectivity index (χ3v) is 2.63. The molecule has 0 saturated carbocycles. The molecule has 0 aromatic rings. The van der Waals surface area contributed by atoms with Gasteiger partial charge < -0.3 is 10.2 Å². The van der Waals surface area contributed by atoms with Crippen LogP contribution in [0.4, 0.5) is 0 Å². The van der Waals surface area contributed by atoms with E-state index in [1.54, 1.807) is 6.08 Å². The summed E-state index contributed by atoms with van der Waals surface area (Å²) < 4.78 is 0. The molecule has 15 heavy (non-hydrogen) atoms. The Morgan fingerprint density at radius 1 is 1.53 bits per heavy atom. The van der Waals surface area contributed by atoms with Crippen molar-refractivity contribution in [1.29, 1.82) is 0 Å². The van der Waals surface area contributed by atoms with E-state index in [9.17, 15) is 4.79 Å². The van der Waals surface area contributed by atoms with Crippen LogP contribution in [0, 0.1) is 0 Å². The number of hydrogen-bond donors (Lipinski definition) is 1. The van der Waals surface area contributed by atoms with E-state index in [0.29, 0.717) is 6.04 Å². The topological polar surface area (TPSA) is 32.3 Å². The second kappa shape index (κ2) is 5.91. The number of hydrogen-bond acceptors (Lipinski definition) is 2. The van der Waals surface area contributed by atoms with Crippen LogP contribution in [0.15, 0.2) is 11.6 Å². The molecule has 0 spiro atoms. The normalized spacial score (nSPS) is 20.1. The molecule has 1 heterocycles. The van der Waals surface area contributed by atoms with Crippen LogP contribution in [0.3, 0.4) is 0 Å². The van der Waals surface area contributed by atoms with Crippen molar-refractivity contribution in [1.82, 2.24) is 10.2 Å². The van der Waals surface area contributed by atoms with Crippen LogP contribution in [0.1, 0.15) is 33.6 Å². The average molecular weight is 210 g/mol. The van der Waals surface area contributed by atoms with Crippen LogP contribution in [0.5, 0.6) is 0 Å². The number of amides is 1. The number of allylic oxidation sites excluding steroid dienone is 1. The van der Waals surface area contributed by atoms with Crippen molar-refractivity contribution in [3.05, 3.63) is 11.6 Å². The van der Waals surface area contributed by atoms with Crippen molar-refractivity contribution >= 4 is 5.91 Å². The third-order valence-electron chi connectivity index (χ3n) is 2.63. The summed E-state index contributed by atoms with van der Waals surface area (Å²) in [4.78, 5) is 14.0. The second-order valence-electron chi connectivity index (χ2n) is 4.40. The van der Waals surface area contributed by atoms with Crippen LogP contribution in [0.2, 0.25) is 0 Å². The van der Waals surface area contributed by atoms with E-state index in [-0.39, 0.29) is 5.91 Å². The average Bonchev–Trinajstić information content (AvgIpc) is 2.65. The van der Waals surface area contributed by atoms with Gasteiger partial charge in [-0.2, -0.15) is 0 Å². The molecule has 0 aliphatic carbocycles. The Labute approximate surface area is 92.5 Å². The minimum Gasteiger partial charge on any atom is -0.335 e. The van der Waals surface area contributed by atoms with Gasteiger partial charge in [0.05, 0.1) is 0 Å². The summed E-state index contributed by atoms with van der Waals surface area (Å²) >= 11 is 0. The minimum atomic E-state index is 0.172. The Kier molecular flexibility index (Phi) is 4.82. The molecule has 3 heteroatoms. The summed E-state index contributed by atoms with van der Waals surface area (Å²) in [5.41, 5.74) is 1.08. The molecule has 1 fully saturated rings. The number of carbonyl (C=O) groups excluding carboxylic acids is 1. The third kappa shape index (κ3) is 3.67. The highest BCUT2D eigenvalue weighted by molar-refractivity contribution is 5.88. The molecule has 0 aromatic carbocycles. The van der Waals surface area contributed by atoms with E-state index < -0.39 is 0 Å². The van der Waals surface area contributed by atoms with E-state index in [4.69, 9.17) is 0 Å². The van der Waals surface area contributed by atoms with Crippen molar-refractivity contribution < 1.29 is 4.79 Å². The van der Waals surface area contributed by atoms with Gasteiger partial charge >= 0.3 is 0 Å². The molecule has 0 bridgehead atoms. The SMILES string of the molecule is CCCN(C(=O)C=C(C)C)C1CCNC1. The molecular weight excluding hydrogens is 188 g/mol. The monoisotopic (exact) mass is 210 g/mol. The summed E-state index contributed by atoms with van der Waals surface area (Å²) in [6.45, 7) is 8.90. The van der Waals surface area contributed by atoms with E-state index in [2.05, 4.69) is 12.2 Å². The first kappa shape index (κ1) is 12.2. The number of rotatable bonds is 4. The molecule has 1 rings (SSSR count). The highest BCUT2D eigenvalue weighted by Crippen LogP contribution is 2.10. The quantitative estimate of drug-likeness (QED) is 0.714. The molecule has 0 aromatic heterocycles. The summed E-state index contributed by atoms with van der Waals surface area (Å²) in [6, 6.07) is 0.396. The lowest BCUT2D eigenvalue weighted by Crippen LogP contribution is -2.41. The number of nitrogens with one attached hydrogen (secondary N) is 1. The van der Waals surface area contributed by atoms with Gasteiger partial charge in [0, 0.05) is 25.2 Å². The standard InChI is InChI=1S/C12H22N2O/c1-4-7-14(11-5-6-13-9-11)12(15)8-10(2)3/h8,11,13H,4-7,9H2,1-3H3. The number of carbonyl (C=O) groups is 1. The first-order chi connectivity index (χ1) is 7.15. The van der Waals surface area contributed by atoms with Gasteiger partial charge in [-0.3, -0.25) is 4.79 Å². The van der Waals surface area contributed by atoms with Gasteiger partial charge in [-0.1, -0.05) is 12.5 Å². The smallest absolute Gasteiger partial charge is 0.246 e. The minimum absolute atomic E-state index is 0.172. The molecule has 1 aliphatic heterocycles. The maximum Gasteiger partial charge on any atom is 0.246 e. The largest absolute Gasteiger partial charge is 0.335 e. The lowest BCUT2D eigenvalue weighted by Gasteiger charge is -2.27. The van der Waals surface area contributed by atoms with Crippen molar-refractivity contribution in [3.8, 4) is 0 Å². The first-order valence-electron chi connectivity index (χ1n) is 5.81. The summed E-state index contributed by atoms with van der Waals surface area (Å²) in [5, 5.41) is 3.30. The van der Waals surface area contributed by atoms with Gasteiger partial charge in [0.15, 0.2) is 0 Å². The molecule has 1 N–H and O–H groups in total. The lowest BCUT2D eigenvalue weighted by atomic mass is 10.2. The molecule has 1 amide bonds. The van der Waals surface area contributed by atoms with Gasteiger partial charge in [0.25, 0.3) is 0 Å². The van der Waals surface area contributed by atoms with E-state index in [1.807, 2.05) is 18.7 Å². The van der Waals surface area contributed by atoms with E-state index in [1.165, 1.54) is 0 Å². The molecule has 1 unspecified atom stereocenters. The summed E-state index contributed by atoms with van der Waals surface area (Å²) in [7, 11) is 0. The van der Waals surface area contributed by atoms with Gasteiger partial charge in [0.1, 0.15) is 0 Å². The Balaban J connectivity index is 2.63. The summed E-state index contributed by atoms with van der Waals surface area (Å²) in [5.74, 6) is 0.172. The van der Waals surface area contributed by atoms with Crippen molar-refractivity contribution in [2.45, 2.75) is 39.7 Å². The molecule has 1 aliphatic rings. The predicted octanol–water partition coefficient (Wildman–Crippen LogP) is 1.55. The fourth-order valence-electron chi connectivity index (χ4n) is 1.95. The van der Waals surface area contributed by atoms with Crippen LogP contribution in [-0.4, -0.2) is 36.5 Å². The Bertz CT molecular complexity index is 238. The van der Waals surface area contributed by atoms with Gasteiger partial charge in [-0.05, 0) is 33.2 Å². The van der Waals surface area contributed by atoms with Crippen molar-refractivity contribution in [2.24, 2.45) is 0 Å². The Morgan fingerprint density at radius 2 is 2.27 bits per heavy atom.